The zero-order valence-electron chi connectivity index (χ0n) is 16.7. The number of nitrogens with zero attached hydrogens (tertiary/aromatic N) is 3. The molecule has 1 unspecified atom stereocenters. The average molecular weight is 416 g/mol. The number of piperidine rings is 1. The number of anilines is 1. The first kappa shape index (κ1) is 19.5. The van der Waals surface area contributed by atoms with Crippen LogP contribution in [0.2, 0.25) is 5.28 Å². The van der Waals surface area contributed by atoms with Gasteiger partial charge in [-0.1, -0.05) is 19.1 Å². The monoisotopic (exact) mass is 415 g/mol. The molecule has 0 amide bonds. The lowest BCUT2D eigenvalue weighted by atomic mass is 9.98. The second kappa shape index (κ2) is 8.26. The molecule has 4 rings (SSSR count). The van der Waals surface area contributed by atoms with Crippen LogP contribution in [0.3, 0.4) is 0 Å². The Bertz CT molecular complexity index is 970. The third kappa shape index (κ3) is 3.58. The molecule has 28 heavy (non-hydrogen) atoms. The van der Waals surface area contributed by atoms with Crippen molar-refractivity contribution in [1.29, 1.82) is 0 Å². The fraction of sp³-hybridized carbons (Fsp3) is 0.455. The zero-order chi connectivity index (χ0) is 19.7. The molecule has 0 spiro atoms. The molecule has 0 N–H and O–H groups in total. The van der Waals surface area contributed by atoms with Crippen molar-refractivity contribution in [2.45, 2.75) is 52.5 Å². The van der Waals surface area contributed by atoms with Crippen LogP contribution < -0.4 is 9.64 Å². The molecule has 1 fully saturated rings. The molecular weight excluding hydrogens is 390 g/mol. The van der Waals surface area contributed by atoms with Crippen LogP contribution in [-0.4, -0.2) is 29.2 Å². The Morgan fingerprint density at radius 2 is 1.96 bits per heavy atom. The summed E-state index contributed by atoms with van der Waals surface area (Å²) in [6.07, 6.45) is 4.80. The summed E-state index contributed by atoms with van der Waals surface area (Å²) in [6.45, 7) is 8.11. The van der Waals surface area contributed by atoms with Gasteiger partial charge in [0.25, 0.3) is 0 Å². The Kier molecular flexibility index (Phi) is 5.74. The van der Waals surface area contributed by atoms with Crippen LogP contribution in [-0.2, 0) is 0 Å². The highest BCUT2D eigenvalue weighted by molar-refractivity contribution is 7.19. The Morgan fingerprint density at radius 1 is 1.18 bits per heavy atom. The predicted octanol–water partition coefficient (Wildman–Crippen LogP) is 6.49. The van der Waals surface area contributed by atoms with Gasteiger partial charge >= 0.3 is 0 Å². The minimum Gasteiger partial charge on any atom is -0.494 e. The van der Waals surface area contributed by atoms with Crippen LogP contribution in [0, 0.1) is 6.92 Å². The normalized spacial score (nSPS) is 17.3. The fourth-order valence-corrected chi connectivity index (χ4v) is 5.47. The second-order valence-electron chi connectivity index (χ2n) is 7.24. The van der Waals surface area contributed by atoms with Crippen LogP contribution in [0.1, 0.15) is 44.4 Å². The maximum Gasteiger partial charge on any atom is 0.225 e. The van der Waals surface area contributed by atoms with Crippen molar-refractivity contribution in [2.75, 3.05) is 18.1 Å². The molecule has 0 radical (unpaired) electrons. The topological polar surface area (TPSA) is 38.3 Å². The molecule has 1 aromatic carbocycles. The summed E-state index contributed by atoms with van der Waals surface area (Å²) in [5, 5.41) is 1.47. The van der Waals surface area contributed by atoms with E-state index in [9.17, 15) is 0 Å². The lowest BCUT2D eigenvalue weighted by Gasteiger charge is -2.36. The smallest absolute Gasteiger partial charge is 0.225 e. The van der Waals surface area contributed by atoms with Gasteiger partial charge in [-0.25, -0.2) is 4.98 Å². The Labute approximate surface area is 175 Å². The van der Waals surface area contributed by atoms with Gasteiger partial charge in [0, 0.05) is 23.0 Å². The van der Waals surface area contributed by atoms with Crippen molar-refractivity contribution in [3.8, 4) is 16.9 Å². The van der Waals surface area contributed by atoms with Crippen LogP contribution in [0.4, 0.5) is 5.82 Å². The lowest BCUT2D eigenvalue weighted by Crippen LogP contribution is -2.39. The molecule has 2 aromatic heterocycles. The molecule has 4 nitrogen and oxygen atoms in total. The summed E-state index contributed by atoms with van der Waals surface area (Å²) in [5.41, 5.74) is 2.39. The SMILES string of the molecule is CCOc1ccc(-c2c(C)sc3nc(Cl)nc(N4CCCCC4CC)c23)cc1. The summed E-state index contributed by atoms with van der Waals surface area (Å²) in [5.74, 6) is 1.89. The van der Waals surface area contributed by atoms with Gasteiger partial charge in [0.1, 0.15) is 16.4 Å². The molecule has 1 aliphatic rings. The van der Waals surface area contributed by atoms with E-state index in [1.807, 2.05) is 19.1 Å². The largest absolute Gasteiger partial charge is 0.494 e. The van der Waals surface area contributed by atoms with E-state index in [0.29, 0.717) is 17.9 Å². The number of rotatable bonds is 5. The first-order valence-corrected chi connectivity index (χ1v) is 11.3. The van der Waals surface area contributed by atoms with Gasteiger partial charge in [-0.05, 0) is 68.8 Å². The Morgan fingerprint density at radius 3 is 2.68 bits per heavy atom. The van der Waals surface area contributed by atoms with E-state index in [0.717, 1.165) is 34.7 Å². The quantitative estimate of drug-likeness (QED) is 0.446. The molecule has 0 bridgehead atoms. The minimum absolute atomic E-state index is 0.336. The highest BCUT2D eigenvalue weighted by Gasteiger charge is 2.27. The van der Waals surface area contributed by atoms with Gasteiger partial charge in [0.15, 0.2) is 0 Å². The van der Waals surface area contributed by atoms with Crippen LogP contribution in [0.5, 0.6) is 5.75 Å². The molecule has 1 saturated heterocycles. The number of aromatic nitrogens is 2. The average Bonchev–Trinajstić information content (AvgIpc) is 3.03. The molecule has 0 saturated carbocycles. The molecule has 6 heteroatoms. The number of halogens is 1. The Balaban J connectivity index is 1.88. The summed E-state index contributed by atoms with van der Waals surface area (Å²) in [4.78, 5) is 14.0. The first-order chi connectivity index (χ1) is 13.6. The summed E-state index contributed by atoms with van der Waals surface area (Å²) in [7, 11) is 0. The van der Waals surface area contributed by atoms with Crippen LogP contribution in [0.25, 0.3) is 21.3 Å². The van der Waals surface area contributed by atoms with Crippen LogP contribution >= 0.6 is 22.9 Å². The van der Waals surface area contributed by atoms with Crippen molar-refractivity contribution >= 4 is 39.0 Å². The number of thiophene rings is 1. The fourth-order valence-electron chi connectivity index (χ4n) is 4.21. The van der Waals surface area contributed by atoms with Gasteiger partial charge in [-0.3, -0.25) is 0 Å². The van der Waals surface area contributed by atoms with Gasteiger partial charge in [0.05, 0.1) is 12.0 Å². The van der Waals surface area contributed by atoms with Gasteiger partial charge in [-0.2, -0.15) is 4.98 Å². The molecule has 3 heterocycles. The molecule has 3 aromatic rings. The number of hydrogen-bond donors (Lipinski definition) is 0. The maximum atomic E-state index is 6.34. The van der Waals surface area contributed by atoms with E-state index in [1.54, 1.807) is 11.3 Å². The third-order valence-corrected chi connectivity index (χ3v) is 6.67. The number of benzene rings is 1. The highest BCUT2D eigenvalue weighted by Crippen LogP contribution is 2.43. The van der Waals surface area contributed by atoms with Gasteiger partial charge in [-0.15, -0.1) is 11.3 Å². The number of ether oxygens (including phenoxy) is 1. The van der Waals surface area contributed by atoms with Crippen molar-refractivity contribution in [2.24, 2.45) is 0 Å². The molecule has 148 valence electrons. The van der Waals surface area contributed by atoms with Gasteiger partial charge in [0.2, 0.25) is 5.28 Å². The predicted molar refractivity (Wildman–Crippen MR) is 119 cm³/mol. The number of aryl methyl sites for hydroxylation is 1. The van der Waals surface area contributed by atoms with E-state index in [2.05, 4.69) is 35.9 Å². The third-order valence-electron chi connectivity index (χ3n) is 5.51. The standard InChI is InChI=1S/C22H26ClN3OS/c1-4-16-8-6-7-13-26(16)20-19-18(14(3)28-21(19)25-22(23)24-20)15-9-11-17(12-10-15)27-5-2/h9-12,16H,4-8,13H2,1-3H3. The number of fused-ring (bicyclic) bond motifs is 1. The Hall–Kier alpha value is -1.85. The highest BCUT2D eigenvalue weighted by atomic mass is 35.5. The van der Waals surface area contributed by atoms with E-state index >= 15 is 0 Å². The van der Waals surface area contributed by atoms with Crippen molar-refractivity contribution in [1.82, 2.24) is 9.97 Å². The van der Waals surface area contributed by atoms with E-state index < -0.39 is 0 Å². The second-order valence-corrected chi connectivity index (χ2v) is 8.78. The molecule has 1 aliphatic heterocycles. The van der Waals surface area contributed by atoms with Crippen molar-refractivity contribution in [3.63, 3.8) is 0 Å². The summed E-state index contributed by atoms with van der Waals surface area (Å²) >= 11 is 8.03. The van der Waals surface area contributed by atoms with E-state index in [-0.39, 0.29) is 0 Å². The lowest BCUT2D eigenvalue weighted by molar-refractivity contribution is 0.340. The first-order valence-electron chi connectivity index (χ1n) is 10.1. The van der Waals surface area contributed by atoms with Crippen molar-refractivity contribution in [3.05, 3.63) is 34.4 Å². The molecular formula is C22H26ClN3OS. The summed E-state index contributed by atoms with van der Waals surface area (Å²) in [6, 6.07) is 8.84. The molecule has 0 aliphatic carbocycles. The van der Waals surface area contributed by atoms with E-state index in [4.69, 9.17) is 21.3 Å². The number of hydrogen-bond acceptors (Lipinski definition) is 5. The van der Waals surface area contributed by atoms with E-state index in [1.165, 1.54) is 35.3 Å². The minimum atomic E-state index is 0.336. The maximum absolute atomic E-state index is 6.34. The zero-order valence-corrected chi connectivity index (χ0v) is 18.2. The summed E-state index contributed by atoms with van der Waals surface area (Å²) < 4.78 is 5.61. The van der Waals surface area contributed by atoms with Gasteiger partial charge < -0.3 is 9.64 Å². The van der Waals surface area contributed by atoms with Crippen LogP contribution in [0.15, 0.2) is 24.3 Å². The van der Waals surface area contributed by atoms with Crippen molar-refractivity contribution < 1.29 is 4.74 Å². The molecule has 1 atom stereocenters.